The predicted molar refractivity (Wildman–Crippen MR) is 78.6 cm³/mol. The van der Waals surface area contributed by atoms with Crippen molar-refractivity contribution in [2.45, 2.75) is 19.8 Å². The zero-order chi connectivity index (χ0) is 14.9. The molecule has 3 unspecified atom stereocenters. The van der Waals surface area contributed by atoms with Crippen molar-refractivity contribution in [3.05, 3.63) is 21.9 Å². The third-order valence-electron chi connectivity index (χ3n) is 3.52. The minimum Gasteiger partial charge on any atom is -0.481 e. The Hall–Kier alpha value is -1.14. The molecule has 1 aliphatic rings. The summed E-state index contributed by atoms with van der Waals surface area (Å²) in [5.74, 6) is -2.07. The van der Waals surface area contributed by atoms with Crippen LogP contribution in [0.5, 0.6) is 0 Å². The minimum absolute atomic E-state index is 0.238. The highest BCUT2D eigenvalue weighted by Gasteiger charge is 2.41. The molecule has 0 bridgehead atoms. The van der Waals surface area contributed by atoms with E-state index in [9.17, 15) is 14.7 Å². The highest BCUT2D eigenvalue weighted by molar-refractivity contribution is 9.10. The molecule has 1 amide bonds. The van der Waals surface area contributed by atoms with Gasteiger partial charge in [0.1, 0.15) is 5.15 Å². The fraction of sp³-hybridized carbons (Fsp3) is 0.462. The lowest BCUT2D eigenvalue weighted by Gasteiger charge is -2.15. The largest absolute Gasteiger partial charge is 0.481 e. The van der Waals surface area contributed by atoms with Crippen LogP contribution in [0.3, 0.4) is 0 Å². The van der Waals surface area contributed by atoms with Crippen molar-refractivity contribution in [2.75, 3.05) is 5.32 Å². The monoisotopic (exact) mass is 360 g/mol. The van der Waals surface area contributed by atoms with Crippen LogP contribution in [0.25, 0.3) is 0 Å². The molecule has 1 aromatic rings. The van der Waals surface area contributed by atoms with E-state index < -0.39 is 17.8 Å². The Morgan fingerprint density at radius 1 is 1.45 bits per heavy atom. The number of carbonyl (C=O) groups is 2. The Bertz CT molecular complexity index is 552. The Morgan fingerprint density at radius 3 is 2.70 bits per heavy atom. The highest BCUT2D eigenvalue weighted by Crippen LogP contribution is 2.37. The van der Waals surface area contributed by atoms with Crippen LogP contribution in [0, 0.1) is 17.8 Å². The van der Waals surface area contributed by atoms with Crippen molar-refractivity contribution in [2.24, 2.45) is 17.8 Å². The topological polar surface area (TPSA) is 79.3 Å². The molecule has 0 saturated heterocycles. The number of hydrogen-bond acceptors (Lipinski definition) is 3. The number of aliphatic carboxylic acids is 1. The number of nitrogens with one attached hydrogen (secondary N) is 1. The SMILES string of the molecule is CC1CC(C(=O)O)C(C(=O)Nc2cnc(Cl)c(Br)c2)C1. The summed E-state index contributed by atoms with van der Waals surface area (Å²) < 4.78 is 0.576. The van der Waals surface area contributed by atoms with Gasteiger partial charge in [0.2, 0.25) is 5.91 Å². The van der Waals surface area contributed by atoms with Crippen molar-refractivity contribution in [1.29, 1.82) is 0 Å². The van der Waals surface area contributed by atoms with E-state index in [4.69, 9.17) is 11.6 Å². The molecular formula is C13H14BrClN2O3. The normalized spacial score (nSPS) is 25.4. The summed E-state index contributed by atoms with van der Waals surface area (Å²) in [7, 11) is 0. The number of halogens is 2. The summed E-state index contributed by atoms with van der Waals surface area (Å²) in [5, 5.41) is 12.2. The second-order valence-corrected chi connectivity index (χ2v) is 6.33. The van der Waals surface area contributed by atoms with Gasteiger partial charge in [0.15, 0.2) is 0 Å². The highest BCUT2D eigenvalue weighted by atomic mass is 79.9. The summed E-state index contributed by atoms with van der Waals surface area (Å²) >= 11 is 9.00. The van der Waals surface area contributed by atoms with Crippen LogP contribution >= 0.6 is 27.5 Å². The number of pyridine rings is 1. The Balaban J connectivity index is 2.11. The summed E-state index contributed by atoms with van der Waals surface area (Å²) in [6, 6.07) is 1.64. The smallest absolute Gasteiger partial charge is 0.307 e. The van der Waals surface area contributed by atoms with Crippen LogP contribution in [0.15, 0.2) is 16.7 Å². The number of aromatic nitrogens is 1. The maximum absolute atomic E-state index is 12.2. The number of carboxylic acids is 1. The number of anilines is 1. The molecule has 2 rings (SSSR count). The summed E-state index contributed by atoms with van der Waals surface area (Å²) in [6.07, 6.45) is 2.57. The van der Waals surface area contributed by atoms with Crippen LogP contribution in [-0.4, -0.2) is 22.0 Å². The van der Waals surface area contributed by atoms with Gasteiger partial charge in [0, 0.05) is 0 Å². The first kappa shape index (κ1) is 15.3. The molecule has 0 aromatic carbocycles. The molecule has 0 radical (unpaired) electrons. The van der Waals surface area contributed by atoms with E-state index in [1.807, 2.05) is 6.92 Å². The number of rotatable bonds is 3. The van der Waals surface area contributed by atoms with E-state index in [0.29, 0.717) is 28.2 Å². The van der Waals surface area contributed by atoms with E-state index in [1.54, 1.807) is 6.07 Å². The lowest BCUT2D eigenvalue weighted by molar-refractivity contribution is -0.145. The lowest BCUT2D eigenvalue weighted by Crippen LogP contribution is -2.30. The third-order valence-corrected chi connectivity index (χ3v) is 4.65. The second kappa shape index (κ2) is 6.10. The van der Waals surface area contributed by atoms with Gasteiger partial charge in [-0.15, -0.1) is 0 Å². The van der Waals surface area contributed by atoms with Crippen molar-refractivity contribution in [3.63, 3.8) is 0 Å². The molecule has 0 spiro atoms. The molecule has 7 heteroatoms. The van der Waals surface area contributed by atoms with E-state index >= 15 is 0 Å². The van der Waals surface area contributed by atoms with Gasteiger partial charge in [0.05, 0.1) is 28.2 Å². The number of amides is 1. The Labute approximate surface area is 129 Å². The zero-order valence-electron chi connectivity index (χ0n) is 10.8. The van der Waals surface area contributed by atoms with E-state index in [1.165, 1.54) is 6.20 Å². The van der Waals surface area contributed by atoms with Gasteiger partial charge in [-0.3, -0.25) is 9.59 Å². The maximum atomic E-state index is 12.2. The van der Waals surface area contributed by atoms with Crippen molar-refractivity contribution in [3.8, 4) is 0 Å². The molecule has 1 fully saturated rings. The molecule has 3 atom stereocenters. The maximum Gasteiger partial charge on any atom is 0.307 e. The molecule has 5 nitrogen and oxygen atoms in total. The Kier molecular flexibility index (Phi) is 4.65. The van der Waals surface area contributed by atoms with Crippen LogP contribution in [0.2, 0.25) is 5.15 Å². The second-order valence-electron chi connectivity index (χ2n) is 5.11. The van der Waals surface area contributed by atoms with Crippen molar-refractivity contribution >= 4 is 45.1 Å². The van der Waals surface area contributed by atoms with Crippen LogP contribution in [-0.2, 0) is 9.59 Å². The average molecular weight is 362 g/mol. The number of carboxylic acid groups (broad SMARTS) is 1. The molecule has 1 aromatic heterocycles. The van der Waals surface area contributed by atoms with E-state index in [0.717, 1.165) is 0 Å². The standard InChI is InChI=1S/C13H14BrClN2O3/c1-6-2-8(9(3-6)13(19)20)12(18)17-7-4-10(14)11(15)16-5-7/h4-6,8-9H,2-3H2,1H3,(H,17,18)(H,19,20). The summed E-state index contributed by atoms with van der Waals surface area (Å²) in [5.41, 5.74) is 0.495. The van der Waals surface area contributed by atoms with Gasteiger partial charge < -0.3 is 10.4 Å². The minimum atomic E-state index is -0.912. The van der Waals surface area contributed by atoms with Crippen molar-refractivity contribution in [1.82, 2.24) is 4.98 Å². The van der Waals surface area contributed by atoms with Crippen LogP contribution in [0.1, 0.15) is 19.8 Å². The predicted octanol–water partition coefficient (Wildman–Crippen LogP) is 3.18. The molecule has 20 heavy (non-hydrogen) atoms. The number of carbonyl (C=O) groups excluding carboxylic acids is 1. The fourth-order valence-electron chi connectivity index (χ4n) is 2.58. The zero-order valence-corrected chi connectivity index (χ0v) is 13.1. The number of nitrogens with zero attached hydrogens (tertiary/aromatic N) is 1. The summed E-state index contributed by atoms with van der Waals surface area (Å²) in [4.78, 5) is 27.3. The third kappa shape index (κ3) is 3.30. The molecule has 108 valence electrons. The van der Waals surface area contributed by atoms with Crippen LogP contribution < -0.4 is 5.32 Å². The van der Waals surface area contributed by atoms with Gasteiger partial charge in [-0.1, -0.05) is 18.5 Å². The van der Waals surface area contributed by atoms with Gasteiger partial charge >= 0.3 is 5.97 Å². The molecule has 1 aliphatic carbocycles. The molecular weight excluding hydrogens is 348 g/mol. The summed E-state index contributed by atoms with van der Waals surface area (Å²) in [6.45, 7) is 1.96. The van der Waals surface area contributed by atoms with Crippen molar-refractivity contribution < 1.29 is 14.7 Å². The average Bonchev–Trinajstić information content (AvgIpc) is 2.76. The molecule has 1 heterocycles. The van der Waals surface area contributed by atoms with Gasteiger partial charge in [-0.2, -0.15) is 0 Å². The molecule has 2 N–H and O–H groups in total. The van der Waals surface area contributed by atoms with E-state index in [-0.39, 0.29) is 11.8 Å². The fourth-order valence-corrected chi connectivity index (χ4v) is 3.03. The first-order valence-electron chi connectivity index (χ1n) is 6.23. The first-order chi connectivity index (χ1) is 9.38. The number of hydrogen-bond donors (Lipinski definition) is 2. The van der Waals surface area contributed by atoms with E-state index in [2.05, 4.69) is 26.2 Å². The van der Waals surface area contributed by atoms with Gasteiger partial charge in [0.25, 0.3) is 0 Å². The first-order valence-corrected chi connectivity index (χ1v) is 7.40. The molecule has 0 aliphatic heterocycles. The quantitative estimate of drug-likeness (QED) is 0.810. The molecule has 1 saturated carbocycles. The van der Waals surface area contributed by atoms with Gasteiger partial charge in [-0.25, -0.2) is 4.98 Å². The van der Waals surface area contributed by atoms with Gasteiger partial charge in [-0.05, 0) is 40.8 Å². The van der Waals surface area contributed by atoms with Crippen LogP contribution in [0.4, 0.5) is 5.69 Å². The Morgan fingerprint density at radius 2 is 2.10 bits per heavy atom. The lowest BCUT2D eigenvalue weighted by atomic mass is 9.95.